The molecule has 152 valence electrons. The van der Waals surface area contributed by atoms with Gasteiger partial charge in [0.2, 0.25) is 5.91 Å². The predicted molar refractivity (Wildman–Crippen MR) is 115 cm³/mol. The summed E-state index contributed by atoms with van der Waals surface area (Å²) in [5.74, 6) is -0.377. The number of ether oxygens (including phenoxy) is 1. The fourth-order valence-corrected chi connectivity index (χ4v) is 3.22. The van der Waals surface area contributed by atoms with Gasteiger partial charge in [-0.1, -0.05) is 42.0 Å². The molecule has 0 unspecified atom stereocenters. The third-order valence-electron chi connectivity index (χ3n) is 4.77. The van der Waals surface area contributed by atoms with Crippen LogP contribution in [-0.2, 0) is 20.9 Å². The highest BCUT2D eigenvalue weighted by Crippen LogP contribution is 2.28. The third kappa shape index (κ3) is 6.88. The molecule has 0 heterocycles. The quantitative estimate of drug-likeness (QED) is 0.514. The van der Waals surface area contributed by atoms with Gasteiger partial charge in [0, 0.05) is 24.4 Å². The van der Waals surface area contributed by atoms with Crippen molar-refractivity contribution in [2.75, 3.05) is 18.5 Å². The molecule has 0 saturated heterocycles. The molecule has 1 saturated carbocycles. The van der Waals surface area contributed by atoms with E-state index in [1.807, 2.05) is 24.3 Å². The second-order valence-corrected chi connectivity index (χ2v) is 7.38. The number of rotatable bonds is 9. The molecule has 5 nitrogen and oxygen atoms in total. The first-order chi connectivity index (χ1) is 14.0. The summed E-state index contributed by atoms with van der Waals surface area (Å²) in [7, 11) is 0. The van der Waals surface area contributed by atoms with E-state index in [1.165, 1.54) is 17.2 Å². The molecule has 0 aromatic heterocycles. The summed E-state index contributed by atoms with van der Waals surface area (Å²) >= 11 is 0. The lowest BCUT2D eigenvalue weighted by Gasteiger charge is -2.21. The molecule has 5 heteroatoms. The standard InChI is InChI=1S/C24H28N2O3/c1-3-29-24(28)14-9-19-7-10-21(11-8-19)25-23(27)17-26(22-12-13-22)16-20-6-4-5-18(2)15-20/h4-11,14-15,22H,3,12-13,16-17H2,1-2H3,(H,25,27)/b14-9+. The van der Waals surface area contributed by atoms with Crippen LogP contribution in [0.2, 0.25) is 0 Å². The minimum atomic E-state index is -0.362. The lowest BCUT2D eigenvalue weighted by atomic mass is 10.1. The first kappa shape index (κ1) is 20.8. The first-order valence-corrected chi connectivity index (χ1v) is 10.1. The number of nitrogens with one attached hydrogen (secondary N) is 1. The molecule has 1 aliphatic carbocycles. The summed E-state index contributed by atoms with van der Waals surface area (Å²) in [5, 5.41) is 2.97. The van der Waals surface area contributed by atoms with Crippen molar-refractivity contribution in [1.29, 1.82) is 0 Å². The summed E-state index contributed by atoms with van der Waals surface area (Å²) in [6.45, 7) is 5.38. The molecule has 2 aromatic rings. The molecule has 1 amide bonds. The van der Waals surface area contributed by atoms with E-state index in [1.54, 1.807) is 13.0 Å². The van der Waals surface area contributed by atoms with Gasteiger partial charge in [0.15, 0.2) is 0 Å². The molecule has 0 bridgehead atoms. The number of carbonyl (C=O) groups excluding carboxylic acids is 2. The van der Waals surface area contributed by atoms with Crippen molar-refractivity contribution in [2.45, 2.75) is 39.3 Å². The van der Waals surface area contributed by atoms with Gasteiger partial charge in [0.1, 0.15) is 0 Å². The maximum Gasteiger partial charge on any atom is 0.330 e. The van der Waals surface area contributed by atoms with Gasteiger partial charge >= 0.3 is 5.97 Å². The first-order valence-electron chi connectivity index (χ1n) is 10.1. The fourth-order valence-electron chi connectivity index (χ4n) is 3.22. The number of esters is 1. The van der Waals surface area contributed by atoms with Gasteiger partial charge in [-0.3, -0.25) is 9.69 Å². The third-order valence-corrected chi connectivity index (χ3v) is 4.77. The summed E-state index contributed by atoms with van der Waals surface area (Å²) in [6, 6.07) is 16.3. The van der Waals surface area contributed by atoms with Crippen LogP contribution >= 0.6 is 0 Å². The molecular weight excluding hydrogens is 364 g/mol. The summed E-state index contributed by atoms with van der Waals surface area (Å²) in [4.78, 5) is 26.2. The zero-order chi connectivity index (χ0) is 20.6. The van der Waals surface area contributed by atoms with Crippen LogP contribution in [0.4, 0.5) is 5.69 Å². The Bertz CT molecular complexity index is 870. The second-order valence-electron chi connectivity index (χ2n) is 7.38. The van der Waals surface area contributed by atoms with Gasteiger partial charge in [-0.05, 0) is 56.0 Å². The molecule has 0 radical (unpaired) electrons. The van der Waals surface area contributed by atoms with Crippen molar-refractivity contribution >= 4 is 23.6 Å². The minimum absolute atomic E-state index is 0.0145. The van der Waals surface area contributed by atoms with Crippen molar-refractivity contribution < 1.29 is 14.3 Å². The number of hydrogen-bond acceptors (Lipinski definition) is 4. The molecule has 0 aliphatic heterocycles. The minimum Gasteiger partial charge on any atom is -0.463 e. The smallest absolute Gasteiger partial charge is 0.330 e. The van der Waals surface area contributed by atoms with Crippen molar-refractivity contribution in [1.82, 2.24) is 4.90 Å². The topological polar surface area (TPSA) is 58.6 Å². The van der Waals surface area contributed by atoms with Gasteiger partial charge in [0.25, 0.3) is 0 Å². The summed E-state index contributed by atoms with van der Waals surface area (Å²) in [6.07, 6.45) is 5.40. The Morgan fingerprint density at radius 2 is 1.93 bits per heavy atom. The van der Waals surface area contributed by atoms with E-state index in [0.717, 1.165) is 30.6 Å². The Morgan fingerprint density at radius 1 is 1.17 bits per heavy atom. The van der Waals surface area contributed by atoms with Crippen LogP contribution in [0.1, 0.15) is 36.5 Å². The van der Waals surface area contributed by atoms with Crippen LogP contribution in [0, 0.1) is 6.92 Å². The Balaban J connectivity index is 1.54. The Kier molecular flexibility index (Phi) is 7.19. The number of aryl methyl sites for hydroxylation is 1. The Labute approximate surface area is 172 Å². The number of benzene rings is 2. The van der Waals surface area contributed by atoms with Crippen LogP contribution in [0.5, 0.6) is 0 Å². The largest absolute Gasteiger partial charge is 0.463 e. The molecular formula is C24H28N2O3. The fraction of sp³-hybridized carbons (Fsp3) is 0.333. The normalized spacial score (nSPS) is 13.6. The van der Waals surface area contributed by atoms with Gasteiger partial charge < -0.3 is 10.1 Å². The maximum atomic E-state index is 12.6. The molecule has 29 heavy (non-hydrogen) atoms. The molecule has 1 fully saturated rings. The lowest BCUT2D eigenvalue weighted by molar-refractivity contribution is -0.137. The van der Waals surface area contributed by atoms with Crippen molar-refractivity contribution in [3.63, 3.8) is 0 Å². The molecule has 1 aliphatic rings. The second kappa shape index (κ2) is 10.0. The van der Waals surface area contributed by atoms with Crippen molar-refractivity contribution in [3.8, 4) is 0 Å². The van der Waals surface area contributed by atoms with Gasteiger partial charge in [-0.2, -0.15) is 0 Å². The average molecular weight is 392 g/mol. The van der Waals surface area contributed by atoms with E-state index in [9.17, 15) is 9.59 Å². The van der Waals surface area contributed by atoms with E-state index in [2.05, 4.69) is 41.4 Å². The van der Waals surface area contributed by atoms with Crippen LogP contribution in [-0.4, -0.2) is 36.0 Å². The molecule has 2 aromatic carbocycles. The molecule has 1 N–H and O–H groups in total. The van der Waals surface area contributed by atoms with Gasteiger partial charge in [-0.15, -0.1) is 0 Å². The summed E-state index contributed by atoms with van der Waals surface area (Å²) < 4.78 is 4.86. The van der Waals surface area contributed by atoms with Gasteiger partial charge in [0.05, 0.1) is 13.2 Å². The average Bonchev–Trinajstić information content (AvgIpc) is 3.52. The number of anilines is 1. The van der Waals surface area contributed by atoms with Gasteiger partial charge in [-0.25, -0.2) is 4.79 Å². The molecule has 0 atom stereocenters. The van der Waals surface area contributed by atoms with E-state index in [4.69, 9.17) is 4.74 Å². The van der Waals surface area contributed by atoms with E-state index in [-0.39, 0.29) is 11.9 Å². The van der Waals surface area contributed by atoms with Crippen molar-refractivity contribution in [2.24, 2.45) is 0 Å². The number of hydrogen-bond donors (Lipinski definition) is 1. The number of carbonyl (C=O) groups is 2. The van der Waals surface area contributed by atoms with Crippen molar-refractivity contribution in [3.05, 3.63) is 71.3 Å². The van der Waals surface area contributed by atoms with E-state index in [0.29, 0.717) is 19.2 Å². The van der Waals surface area contributed by atoms with E-state index >= 15 is 0 Å². The van der Waals surface area contributed by atoms with Crippen LogP contribution in [0.25, 0.3) is 6.08 Å². The maximum absolute atomic E-state index is 12.6. The predicted octanol–water partition coefficient (Wildman–Crippen LogP) is 4.17. The lowest BCUT2D eigenvalue weighted by Crippen LogP contribution is -2.34. The molecule has 3 rings (SSSR count). The Morgan fingerprint density at radius 3 is 2.59 bits per heavy atom. The van der Waals surface area contributed by atoms with Crippen LogP contribution in [0.15, 0.2) is 54.6 Å². The Hall–Kier alpha value is -2.92. The molecule has 0 spiro atoms. The highest BCUT2D eigenvalue weighted by molar-refractivity contribution is 5.92. The highest BCUT2D eigenvalue weighted by atomic mass is 16.5. The number of nitrogens with zero attached hydrogens (tertiary/aromatic N) is 1. The SMILES string of the molecule is CCOC(=O)/C=C/c1ccc(NC(=O)CN(Cc2cccc(C)c2)C2CC2)cc1. The van der Waals surface area contributed by atoms with Crippen LogP contribution in [0.3, 0.4) is 0 Å². The number of amides is 1. The van der Waals surface area contributed by atoms with Crippen LogP contribution < -0.4 is 5.32 Å². The monoisotopic (exact) mass is 392 g/mol. The highest BCUT2D eigenvalue weighted by Gasteiger charge is 2.30. The van der Waals surface area contributed by atoms with E-state index < -0.39 is 0 Å². The zero-order valence-electron chi connectivity index (χ0n) is 17.1. The zero-order valence-corrected chi connectivity index (χ0v) is 17.1. The summed E-state index contributed by atoms with van der Waals surface area (Å²) in [5.41, 5.74) is 4.09.